The third kappa shape index (κ3) is 2.66. The van der Waals surface area contributed by atoms with Crippen LogP contribution in [0.2, 0.25) is 0 Å². The highest BCUT2D eigenvalue weighted by atomic mass is 32.1. The van der Waals surface area contributed by atoms with E-state index in [1.165, 1.54) is 12.8 Å². The summed E-state index contributed by atoms with van der Waals surface area (Å²) in [5.74, 6) is 0.927. The minimum Gasteiger partial charge on any atom is -0.492 e. The second kappa shape index (κ2) is 4.71. The summed E-state index contributed by atoms with van der Waals surface area (Å²) in [6.45, 7) is 1.90. The second-order valence-electron chi connectivity index (χ2n) is 3.60. The molecule has 0 radical (unpaired) electrons. The zero-order valence-corrected chi connectivity index (χ0v) is 8.97. The Labute approximate surface area is 90.1 Å². The molecule has 0 amide bonds. The van der Waals surface area contributed by atoms with Crippen LogP contribution in [0.4, 0.5) is 0 Å². The summed E-state index contributed by atoms with van der Waals surface area (Å²) in [6, 6.07) is 8.33. The van der Waals surface area contributed by atoms with Crippen molar-refractivity contribution in [2.45, 2.75) is 23.8 Å². The first-order valence-corrected chi connectivity index (χ1v) is 5.44. The molecular weight excluding hydrogens is 194 g/mol. The van der Waals surface area contributed by atoms with Gasteiger partial charge in [0.2, 0.25) is 0 Å². The number of hydrogen-bond donors (Lipinski definition) is 2. The predicted octanol–water partition coefficient (Wildman–Crippen LogP) is 2.11. The predicted molar refractivity (Wildman–Crippen MR) is 60.2 cm³/mol. The van der Waals surface area contributed by atoms with Crippen molar-refractivity contribution in [3.63, 3.8) is 0 Å². The quantitative estimate of drug-likeness (QED) is 0.744. The van der Waals surface area contributed by atoms with Crippen LogP contribution in [0.5, 0.6) is 5.75 Å². The number of nitrogens with one attached hydrogen (secondary N) is 1. The van der Waals surface area contributed by atoms with Gasteiger partial charge in [0.15, 0.2) is 0 Å². The molecule has 0 bridgehead atoms. The highest BCUT2D eigenvalue weighted by molar-refractivity contribution is 7.80. The molecule has 1 aromatic rings. The van der Waals surface area contributed by atoms with Crippen molar-refractivity contribution >= 4 is 12.6 Å². The monoisotopic (exact) mass is 209 g/mol. The third-order valence-corrected chi connectivity index (χ3v) is 2.75. The van der Waals surface area contributed by atoms with E-state index in [2.05, 4.69) is 17.9 Å². The number of thiol groups is 1. The minimum atomic E-state index is 0.533. The van der Waals surface area contributed by atoms with Gasteiger partial charge in [-0.2, -0.15) is 0 Å². The molecule has 2 rings (SSSR count). The molecule has 0 aliphatic carbocycles. The highest BCUT2D eigenvalue weighted by Crippen LogP contribution is 2.15. The van der Waals surface area contributed by atoms with E-state index < -0.39 is 0 Å². The molecule has 1 heterocycles. The largest absolute Gasteiger partial charge is 0.492 e. The summed E-state index contributed by atoms with van der Waals surface area (Å²) >= 11 is 4.22. The van der Waals surface area contributed by atoms with E-state index in [0.29, 0.717) is 6.04 Å². The number of ether oxygens (including phenoxy) is 1. The van der Waals surface area contributed by atoms with Crippen molar-refractivity contribution in [2.75, 3.05) is 13.2 Å². The van der Waals surface area contributed by atoms with Crippen molar-refractivity contribution in [3.05, 3.63) is 24.3 Å². The van der Waals surface area contributed by atoms with Gasteiger partial charge in [0.25, 0.3) is 0 Å². The Morgan fingerprint density at radius 2 is 2.14 bits per heavy atom. The number of hydrogen-bond acceptors (Lipinski definition) is 3. The van der Waals surface area contributed by atoms with Crippen LogP contribution in [0.3, 0.4) is 0 Å². The lowest BCUT2D eigenvalue weighted by atomic mass is 10.2. The molecule has 0 spiro atoms. The molecule has 1 aliphatic heterocycles. The summed E-state index contributed by atoms with van der Waals surface area (Å²) < 4.78 is 5.65. The fourth-order valence-corrected chi connectivity index (χ4v) is 1.79. The van der Waals surface area contributed by atoms with Crippen molar-refractivity contribution in [1.29, 1.82) is 0 Å². The normalized spacial score (nSPS) is 21.1. The molecule has 2 nitrogen and oxygen atoms in total. The van der Waals surface area contributed by atoms with Crippen LogP contribution in [0.15, 0.2) is 29.2 Å². The maximum atomic E-state index is 5.65. The average Bonchev–Trinajstić information content (AvgIpc) is 2.70. The van der Waals surface area contributed by atoms with Gasteiger partial charge >= 0.3 is 0 Å². The first kappa shape index (κ1) is 9.87. The van der Waals surface area contributed by atoms with Crippen molar-refractivity contribution in [2.24, 2.45) is 0 Å². The Kier molecular flexibility index (Phi) is 3.32. The fourth-order valence-electron chi connectivity index (χ4n) is 1.64. The number of rotatable bonds is 3. The fraction of sp³-hybridized carbons (Fsp3) is 0.455. The van der Waals surface area contributed by atoms with Gasteiger partial charge < -0.3 is 10.1 Å². The zero-order chi connectivity index (χ0) is 9.80. The van der Waals surface area contributed by atoms with Crippen LogP contribution in [0, 0.1) is 0 Å². The molecule has 1 aliphatic rings. The van der Waals surface area contributed by atoms with Crippen molar-refractivity contribution < 1.29 is 4.74 Å². The van der Waals surface area contributed by atoms with E-state index in [1.54, 1.807) is 0 Å². The Morgan fingerprint density at radius 1 is 1.36 bits per heavy atom. The van der Waals surface area contributed by atoms with Crippen molar-refractivity contribution in [1.82, 2.24) is 5.32 Å². The smallest absolute Gasteiger partial charge is 0.119 e. The van der Waals surface area contributed by atoms with E-state index >= 15 is 0 Å². The molecule has 3 heteroatoms. The van der Waals surface area contributed by atoms with Gasteiger partial charge in [-0.25, -0.2) is 0 Å². The summed E-state index contributed by atoms with van der Waals surface area (Å²) in [5, 5.41) is 3.40. The first-order chi connectivity index (χ1) is 6.84. The van der Waals surface area contributed by atoms with Gasteiger partial charge in [-0.15, -0.1) is 12.6 Å². The molecule has 14 heavy (non-hydrogen) atoms. The Morgan fingerprint density at radius 3 is 2.79 bits per heavy atom. The van der Waals surface area contributed by atoms with Gasteiger partial charge in [-0.3, -0.25) is 0 Å². The van der Waals surface area contributed by atoms with Crippen LogP contribution in [-0.2, 0) is 0 Å². The standard InChI is InChI=1S/C11H15NOS/c14-11-5-3-10(4-6-11)13-8-9-2-1-7-12-9/h3-6,9,12,14H,1-2,7-8H2/t9-/m0/s1. The van der Waals surface area contributed by atoms with Crippen molar-refractivity contribution in [3.8, 4) is 5.75 Å². The molecule has 0 unspecified atom stereocenters. The third-order valence-electron chi connectivity index (χ3n) is 2.45. The van der Waals surface area contributed by atoms with E-state index in [1.807, 2.05) is 24.3 Å². The summed E-state index contributed by atoms with van der Waals surface area (Å²) in [6.07, 6.45) is 2.49. The van der Waals surface area contributed by atoms with E-state index in [0.717, 1.165) is 23.8 Å². The molecular formula is C11H15NOS. The Bertz CT molecular complexity index is 280. The lowest BCUT2D eigenvalue weighted by molar-refractivity contribution is 0.277. The summed E-state index contributed by atoms with van der Waals surface area (Å²) in [5.41, 5.74) is 0. The van der Waals surface area contributed by atoms with Gasteiger partial charge in [0, 0.05) is 10.9 Å². The minimum absolute atomic E-state index is 0.533. The van der Waals surface area contributed by atoms with Gasteiger partial charge in [-0.05, 0) is 43.7 Å². The summed E-state index contributed by atoms with van der Waals surface area (Å²) in [7, 11) is 0. The lowest BCUT2D eigenvalue weighted by Crippen LogP contribution is -2.28. The van der Waals surface area contributed by atoms with Gasteiger partial charge in [0.1, 0.15) is 12.4 Å². The highest BCUT2D eigenvalue weighted by Gasteiger charge is 2.13. The number of benzene rings is 1. The first-order valence-electron chi connectivity index (χ1n) is 5.00. The molecule has 0 saturated carbocycles. The average molecular weight is 209 g/mol. The molecule has 1 fully saturated rings. The maximum Gasteiger partial charge on any atom is 0.119 e. The zero-order valence-electron chi connectivity index (χ0n) is 8.07. The topological polar surface area (TPSA) is 21.3 Å². The van der Waals surface area contributed by atoms with Gasteiger partial charge in [-0.1, -0.05) is 0 Å². The summed E-state index contributed by atoms with van der Waals surface area (Å²) in [4.78, 5) is 0.969. The van der Waals surface area contributed by atoms with Crippen LogP contribution in [-0.4, -0.2) is 19.2 Å². The van der Waals surface area contributed by atoms with Crippen LogP contribution in [0.25, 0.3) is 0 Å². The Balaban J connectivity index is 1.82. The molecule has 76 valence electrons. The molecule has 1 aromatic carbocycles. The molecule has 1 N–H and O–H groups in total. The van der Waals surface area contributed by atoms with E-state index in [9.17, 15) is 0 Å². The van der Waals surface area contributed by atoms with E-state index in [-0.39, 0.29) is 0 Å². The van der Waals surface area contributed by atoms with Crippen LogP contribution in [0.1, 0.15) is 12.8 Å². The van der Waals surface area contributed by atoms with Crippen LogP contribution < -0.4 is 10.1 Å². The van der Waals surface area contributed by atoms with Crippen LogP contribution >= 0.6 is 12.6 Å². The van der Waals surface area contributed by atoms with Gasteiger partial charge in [0.05, 0.1) is 0 Å². The Hall–Kier alpha value is -0.670. The lowest BCUT2D eigenvalue weighted by Gasteiger charge is -2.11. The SMILES string of the molecule is Sc1ccc(OC[C@@H]2CCCN2)cc1. The van der Waals surface area contributed by atoms with E-state index in [4.69, 9.17) is 4.74 Å². The maximum absolute atomic E-state index is 5.65. The molecule has 0 aromatic heterocycles. The second-order valence-corrected chi connectivity index (χ2v) is 4.11. The molecule has 1 atom stereocenters. The molecule has 1 saturated heterocycles.